The minimum absolute atomic E-state index is 0.0644. The Labute approximate surface area is 169 Å². The Morgan fingerprint density at radius 1 is 1.11 bits per heavy atom. The standard InChI is InChI=1S/C25H33NO2/c1-4-7-9-14-20(6-3)15-12-16-21(13-5-2)23-19-24(27)26(25(23)28)22-17-10-8-11-18-22/h6-12,16-18,20-21,23H,3-5,13-15,19H2,1-2H3/b9-7+,16-12+. The first-order valence-electron chi connectivity index (χ1n) is 10.5. The largest absolute Gasteiger partial charge is 0.274 e. The molecule has 3 atom stereocenters. The second-order valence-electron chi connectivity index (χ2n) is 7.44. The van der Waals surface area contributed by atoms with Crippen LogP contribution in [0.25, 0.3) is 0 Å². The highest BCUT2D eigenvalue weighted by Crippen LogP contribution is 2.34. The number of carbonyl (C=O) groups is 2. The van der Waals surface area contributed by atoms with Crippen LogP contribution >= 0.6 is 0 Å². The molecule has 0 spiro atoms. The molecular weight excluding hydrogens is 346 g/mol. The number of hydrogen-bond acceptors (Lipinski definition) is 2. The van der Waals surface area contributed by atoms with Crippen LogP contribution in [0.3, 0.4) is 0 Å². The highest BCUT2D eigenvalue weighted by atomic mass is 16.2. The molecule has 3 heteroatoms. The number of hydrogen-bond donors (Lipinski definition) is 0. The number of carbonyl (C=O) groups excluding carboxylic acids is 2. The van der Waals surface area contributed by atoms with Crippen LogP contribution in [0.15, 0.2) is 67.3 Å². The molecule has 1 aliphatic heterocycles. The fourth-order valence-corrected chi connectivity index (χ4v) is 3.76. The van der Waals surface area contributed by atoms with Crippen LogP contribution in [0, 0.1) is 17.8 Å². The number of para-hydroxylation sites is 1. The molecule has 3 nitrogen and oxygen atoms in total. The zero-order valence-corrected chi connectivity index (χ0v) is 17.2. The molecule has 2 amide bonds. The molecule has 1 saturated heterocycles. The summed E-state index contributed by atoms with van der Waals surface area (Å²) in [4.78, 5) is 26.9. The molecule has 1 aliphatic rings. The third kappa shape index (κ3) is 5.79. The monoisotopic (exact) mass is 379 g/mol. The van der Waals surface area contributed by atoms with Gasteiger partial charge in [-0.25, -0.2) is 0 Å². The predicted octanol–water partition coefficient (Wildman–Crippen LogP) is 6.09. The summed E-state index contributed by atoms with van der Waals surface area (Å²) in [6.07, 6.45) is 15.9. The summed E-state index contributed by atoms with van der Waals surface area (Å²) in [5, 5.41) is 0. The average molecular weight is 380 g/mol. The van der Waals surface area contributed by atoms with Gasteiger partial charge < -0.3 is 0 Å². The molecule has 0 saturated carbocycles. The quantitative estimate of drug-likeness (QED) is 0.345. The lowest BCUT2D eigenvalue weighted by atomic mass is 9.86. The van der Waals surface area contributed by atoms with Crippen molar-refractivity contribution in [3.8, 4) is 0 Å². The van der Waals surface area contributed by atoms with Gasteiger partial charge in [0.1, 0.15) is 0 Å². The third-order valence-electron chi connectivity index (χ3n) is 5.33. The van der Waals surface area contributed by atoms with Crippen LogP contribution in [0.4, 0.5) is 5.69 Å². The van der Waals surface area contributed by atoms with E-state index in [1.165, 1.54) is 4.90 Å². The first kappa shape index (κ1) is 21.9. The zero-order valence-electron chi connectivity index (χ0n) is 17.2. The lowest BCUT2D eigenvalue weighted by Crippen LogP contribution is -2.32. The molecule has 28 heavy (non-hydrogen) atoms. The Kier molecular flexibility index (Phi) is 8.93. The Morgan fingerprint density at radius 2 is 1.82 bits per heavy atom. The number of amides is 2. The summed E-state index contributed by atoms with van der Waals surface area (Å²) in [5.74, 6) is 0.0933. The van der Waals surface area contributed by atoms with E-state index in [0.29, 0.717) is 18.0 Å². The van der Waals surface area contributed by atoms with Crippen molar-refractivity contribution in [2.45, 2.75) is 52.4 Å². The minimum atomic E-state index is -0.258. The Bertz CT molecular complexity index is 705. The summed E-state index contributed by atoms with van der Waals surface area (Å²) in [6, 6.07) is 9.24. The summed E-state index contributed by atoms with van der Waals surface area (Å²) in [6.45, 7) is 8.20. The molecule has 0 bridgehead atoms. The second-order valence-corrected chi connectivity index (χ2v) is 7.44. The molecule has 150 valence electrons. The molecule has 0 N–H and O–H groups in total. The molecule has 1 fully saturated rings. The van der Waals surface area contributed by atoms with Crippen molar-refractivity contribution in [2.75, 3.05) is 4.90 Å². The highest BCUT2D eigenvalue weighted by Gasteiger charge is 2.42. The molecule has 0 aromatic heterocycles. The van der Waals surface area contributed by atoms with Crippen molar-refractivity contribution in [2.24, 2.45) is 17.8 Å². The molecule has 1 heterocycles. The maximum atomic E-state index is 13.0. The van der Waals surface area contributed by atoms with Gasteiger partial charge in [0.05, 0.1) is 11.6 Å². The van der Waals surface area contributed by atoms with Crippen LogP contribution in [0.2, 0.25) is 0 Å². The predicted molar refractivity (Wildman–Crippen MR) is 117 cm³/mol. The van der Waals surface area contributed by atoms with Gasteiger partial charge in [-0.3, -0.25) is 14.5 Å². The average Bonchev–Trinajstić information content (AvgIpc) is 3.00. The van der Waals surface area contributed by atoms with Crippen molar-refractivity contribution >= 4 is 17.5 Å². The minimum Gasteiger partial charge on any atom is -0.274 e. The second kappa shape index (κ2) is 11.4. The van der Waals surface area contributed by atoms with Gasteiger partial charge in [-0.1, -0.05) is 68.8 Å². The van der Waals surface area contributed by atoms with Crippen LogP contribution in [0.1, 0.15) is 52.4 Å². The molecular formula is C25H33NO2. The third-order valence-corrected chi connectivity index (χ3v) is 5.33. The van der Waals surface area contributed by atoms with Crippen LogP contribution in [0.5, 0.6) is 0 Å². The van der Waals surface area contributed by atoms with Gasteiger partial charge in [-0.05, 0) is 49.7 Å². The summed E-state index contributed by atoms with van der Waals surface area (Å²) in [7, 11) is 0. The van der Waals surface area contributed by atoms with Crippen LogP contribution in [-0.2, 0) is 9.59 Å². The van der Waals surface area contributed by atoms with Gasteiger partial charge >= 0.3 is 0 Å². The summed E-state index contributed by atoms with van der Waals surface area (Å²) < 4.78 is 0. The summed E-state index contributed by atoms with van der Waals surface area (Å²) in [5.41, 5.74) is 0.675. The summed E-state index contributed by atoms with van der Waals surface area (Å²) >= 11 is 0. The van der Waals surface area contributed by atoms with Crippen molar-refractivity contribution in [1.29, 1.82) is 0 Å². The first-order valence-corrected chi connectivity index (χ1v) is 10.5. The van der Waals surface area contributed by atoms with E-state index in [1.807, 2.05) is 36.4 Å². The maximum Gasteiger partial charge on any atom is 0.237 e. The van der Waals surface area contributed by atoms with Crippen molar-refractivity contribution < 1.29 is 9.59 Å². The van der Waals surface area contributed by atoms with E-state index in [-0.39, 0.29) is 23.7 Å². The smallest absolute Gasteiger partial charge is 0.237 e. The van der Waals surface area contributed by atoms with Gasteiger partial charge in [-0.2, -0.15) is 0 Å². The number of allylic oxidation sites excluding steroid dienone is 5. The lowest BCUT2D eigenvalue weighted by molar-refractivity contribution is -0.122. The van der Waals surface area contributed by atoms with E-state index in [2.05, 4.69) is 44.7 Å². The van der Waals surface area contributed by atoms with Gasteiger partial charge in [0.15, 0.2) is 0 Å². The number of rotatable bonds is 11. The zero-order chi connectivity index (χ0) is 20.4. The van der Waals surface area contributed by atoms with E-state index >= 15 is 0 Å². The SMILES string of the molecule is C=CC(C/C=C/CC)C/C=C/C(CCC)C1CC(=O)N(c2ccccc2)C1=O. The Morgan fingerprint density at radius 3 is 2.46 bits per heavy atom. The van der Waals surface area contributed by atoms with Crippen molar-refractivity contribution in [3.05, 3.63) is 67.3 Å². The van der Waals surface area contributed by atoms with Gasteiger partial charge in [0, 0.05) is 6.42 Å². The molecule has 1 aromatic carbocycles. The number of nitrogens with zero attached hydrogens (tertiary/aromatic N) is 1. The molecule has 3 unspecified atom stereocenters. The van der Waals surface area contributed by atoms with E-state index < -0.39 is 0 Å². The highest BCUT2D eigenvalue weighted by molar-refractivity contribution is 6.21. The van der Waals surface area contributed by atoms with Crippen LogP contribution < -0.4 is 4.90 Å². The topological polar surface area (TPSA) is 37.4 Å². The van der Waals surface area contributed by atoms with Crippen LogP contribution in [-0.4, -0.2) is 11.8 Å². The number of benzene rings is 1. The van der Waals surface area contributed by atoms with E-state index in [9.17, 15) is 9.59 Å². The van der Waals surface area contributed by atoms with Gasteiger partial charge in [0.2, 0.25) is 11.8 Å². The molecule has 0 aliphatic carbocycles. The lowest BCUT2D eigenvalue weighted by Gasteiger charge is -2.19. The molecule has 2 rings (SSSR count). The fourth-order valence-electron chi connectivity index (χ4n) is 3.76. The number of imide groups is 1. The van der Waals surface area contributed by atoms with Crippen molar-refractivity contribution in [1.82, 2.24) is 0 Å². The van der Waals surface area contributed by atoms with E-state index in [1.54, 1.807) is 0 Å². The van der Waals surface area contributed by atoms with Gasteiger partial charge in [0.25, 0.3) is 0 Å². The van der Waals surface area contributed by atoms with Crippen molar-refractivity contribution in [3.63, 3.8) is 0 Å². The normalized spacial score (nSPS) is 19.6. The Hall–Kier alpha value is -2.42. The van der Waals surface area contributed by atoms with E-state index in [0.717, 1.165) is 32.1 Å². The molecule has 1 aromatic rings. The molecule has 0 radical (unpaired) electrons. The maximum absolute atomic E-state index is 13.0. The van der Waals surface area contributed by atoms with E-state index in [4.69, 9.17) is 0 Å². The fraction of sp³-hybridized carbons (Fsp3) is 0.440. The van der Waals surface area contributed by atoms with Gasteiger partial charge in [-0.15, -0.1) is 6.58 Å². The first-order chi connectivity index (χ1) is 13.6. The Balaban J connectivity index is 2.06. The number of anilines is 1.